The van der Waals surface area contributed by atoms with Crippen molar-refractivity contribution in [3.8, 4) is 11.3 Å². The van der Waals surface area contributed by atoms with Gasteiger partial charge in [-0.25, -0.2) is 8.42 Å². The molecule has 0 aliphatic carbocycles. The van der Waals surface area contributed by atoms with Gasteiger partial charge in [0.2, 0.25) is 0 Å². The molecule has 2 heterocycles. The van der Waals surface area contributed by atoms with Crippen LogP contribution < -0.4 is 5.73 Å². The lowest BCUT2D eigenvalue weighted by atomic mass is 10.1. The second-order valence-corrected chi connectivity index (χ2v) is 8.50. The SMILES string of the molecule is CS(=O)(=O)c1ccc(-c2c(C(N)=O)ccn2CCN2CCCC2)cc1. The predicted octanol–water partition coefficient (Wildman–Crippen LogP) is 1.75. The average molecular weight is 361 g/mol. The highest BCUT2D eigenvalue weighted by atomic mass is 32.2. The van der Waals surface area contributed by atoms with E-state index in [1.54, 1.807) is 30.3 Å². The van der Waals surface area contributed by atoms with E-state index in [4.69, 9.17) is 5.73 Å². The Labute approximate surface area is 148 Å². The molecule has 1 amide bonds. The van der Waals surface area contributed by atoms with Gasteiger partial charge in [0.05, 0.1) is 16.2 Å². The molecule has 0 unspecified atom stereocenters. The van der Waals surface area contributed by atoms with Gasteiger partial charge in [-0.2, -0.15) is 0 Å². The first kappa shape index (κ1) is 17.7. The summed E-state index contributed by atoms with van der Waals surface area (Å²) in [6, 6.07) is 8.31. The first-order valence-corrected chi connectivity index (χ1v) is 10.3. The molecule has 25 heavy (non-hydrogen) atoms. The fraction of sp³-hybridized carbons (Fsp3) is 0.389. The van der Waals surface area contributed by atoms with E-state index in [0.29, 0.717) is 5.56 Å². The first-order chi connectivity index (χ1) is 11.9. The monoisotopic (exact) mass is 361 g/mol. The standard InChI is InChI=1S/C18H23N3O3S/c1-25(23,24)15-6-4-14(5-7-15)17-16(18(19)22)8-11-21(17)13-12-20-9-2-3-10-20/h4-8,11H,2-3,9-10,12-13H2,1H3,(H2,19,22). The third-order valence-corrected chi connectivity index (χ3v) is 5.77. The number of sulfone groups is 1. The van der Waals surface area contributed by atoms with Gasteiger partial charge >= 0.3 is 0 Å². The molecule has 7 heteroatoms. The van der Waals surface area contributed by atoms with Gasteiger partial charge in [-0.3, -0.25) is 4.79 Å². The summed E-state index contributed by atoms with van der Waals surface area (Å²) >= 11 is 0. The molecular weight excluding hydrogens is 338 g/mol. The summed E-state index contributed by atoms with van der Waals surface area (Å²) in [7, 11) is -3.25. The van der Waals surface area contributed by atoms with Crippen LogP contribution in [0.3, 0.4) is 0 Å². The van der Waals surface area contributed by atoms with Crippen molar-refractivity contribution in [2.75, 3.05) is 25.9 Å². The Balaban J connectivity index is 1.92. The van der Waals surface area contributed by atoms with Gasteiger partial charge < -0.3 is 15.2 Å². The van der Waals surface area contributed by atoms with E-state index in [-0.39, 0.29) is 4.90 Å². The molecule has 2 aromatic rings. The molecule has 1 aliphatic rings. The van der Waals surface area contributed by atoms with Crippen molar-refractivity contribution in [2.45, 2.75) is 24.3 Å². The quantitative estimate of drug-likeness (QED) is 0.849. The van der Waals surface area contributed by atoms with Crippen molar-refractivity contribution in [1.29, 1.82) is 0 Å². The summed E-state index contributed by atoms with van der Waals surface area (Å²) in [5.41, 5.74) is 7.50. The van der Waals surface area contributed by atoms with Crippen molar-refractivity contribution in [3.63, 3.8) is 0 Å². The van der Waals surface area contributed by atoms with Gasteiger partial charge in [-0.05, 0) is 49.7 Å². The number of amides is 1. The van der Waals surface area contributed by atoms with Crippen molar-refractivity contribution in [2.24, 2.45) is 5.73 Å². The number of nitrogens with two attached hydrogens (primary N) is 1. The Kier molecular flexibility index (Phi) is 4.96. The third kappa shape index (κ3) is 3.93. The third-order valence-electron chi connectivity index (χ3n) is 4.64. The molecule has 1 saturated heterocycles. The highest BCUT2D eigenvalue weighted by molar-refractivity contribution is 7.90. The maximum absolute atomic E-state index is 11.8. The number of aromatic nitrogens is 1. The summed E-state index contributed by atoms with van der Waals surface area (Å²) in [5.74, 6) is -0.484. The van der Waals surface area contributed by atoms with Crippen LogP contribution in [0.5, 0.6) is 0 Å². The van der Waals surface area contributed by atoms with Crippen molar-refractivity contribution >= 4 is 15.7 Å². The Morgan fingerprint density at radius 2 is 1.72 bits per heavy atom. The van der Waals surface area contributed by atoms with Crippen LogP contribution in [0.1, 0.15) is 23.2 Å². The Hall–Kier alpha value is -2.12. The zero-order chi connectivity index (χ0) is 18.0. The lowest BCUT2D eigenvalue weighted by Gasteiger charge is -2.17. The van der Waals surface area contributed by atoms with Crippen molar-refractivity contribution in [3.05, 3.63) is 42.1 Å². The molecule has 134 valence electrons. The number of carbonyl (C=O) groups excluding carboxylic acids is 1. The first-order valence-electron chi connectivity index (χ1n) is 8.38. The minimum atomic E-state index is -3.25. The topological polar surface area (TPSA) is 85.4 Å². The fourth-order valence-corrected chi connectivity index (χ4v) is 3.93. The molecule has 1 fully saturated rings. The molecule has 0 radical (unpaired) electrons. The van der Waals surface area contributed by atoms with Gasteiger partial charge in [0, 0.05) is 25.5 Å². The average Bonchev–Trinajstić information content (AvgIpc) is 3.21. The lowest BCUT2D eigenvalue weighted by molar-refractivity contribution is 0.100. The van der Waals surface area contributed by atoms with Crippen LogP contribution >= 0.6 is 0 Å². The maximum atomic E-state index is 11.8. The lowest BCUT2D eigenvalue weighted by Crippen LogP contribution is -2.24. The van der Waals surface area contributed by atoms with Crippen LogP contribution in [0, 0.1) is 0 Å². The van der Waals surface area contributed by atoms with Crippen LogP contribution in [0.4, 0.5) is 0 Å². The van der Waals surface area contributed by atoms with Gasteiger partial charge in [-0.15, -0.1) is 0 Å². The van der Waals surface area contributed by atoms with Crippen LogP contribution in [0.2, 0.25) is 0 Å². The summed E-state index contributed by atoms with van der Waals surface area (Å²) in [6.07, 6.45) is 5.52. The molecule has 1 aromatic heterocycles. The van der Waals surface area contributed by atoms with Crippen LogP contribution in [0.25, 0.3) is 11.3 Å². The number of nitrogens with zero attached hydrogens (tertiary/aromatic N) is 2. The van der Waals surface area contributed by atoms with Gasteiger partial charge in [-0.1, -0.05) is 12.1 Å². The molecule has 3 rings (SSSR count). The van der Waals surface area contributed by atoms with E-state index < -0.39 is 15.7 Å². The highest BCUT2D eigenvalue weighted by Crippen LogP contribution is 2.26. The normalized spacial score (nSPS) is 15.6. The van der Waals surface area contributed by atoms with E-state index in [9.17, 15) is 13.2 Å². The Morgan fingerprint density at radius 1 is 1.08 bits per heavy atom. The molecule has 1 aliphatic heterocycles. The van der Waals surface area contributed by atoms with Crippen molar-refractivity contribution in [1.82, 2.24) is 9.47 Å². The second-order valence-electron chi connectivity index (χ2n) is 6.48. The molecule has 2 N–H and O–H groups in total. The van der Waals surface area contributed by atoms with E-state index >= 15 is 0 Å². The number of primary amides is 1. The molecule has 6 nitrogen and oxygen atoms in total. The maximum Gasteiger partial charge on any atom is 0.250 e. The van der Waals surface area contributed by atoms with E-state index in [0.717, 1.165) is 37.4 Å². The van der Waals surface area contributed by atoms with E-state index in [2.05, 4.69) is 4.90 Å². The summed E-state index contributed by atoms with van der Waals surface area (Å²) in [6.45, 7) is 3.91. The number of rotatable bonds is 6. The number of carbonyl (C=O) groups is 1. The fourth-order valence-electron chi connectivity index (χ4n) is 3.29. The largest absolute Gasteiger partial charge is 0.366 e. The number of likely N-dealkylation sites (tertiary alicyclic amines) is 1. The molecular formula is C18H23N3O3S. The summed E-state index contributed by atoms with van der Waals surface area (Å²) in [4.78, 5) is 14.5. The minimum Gasteiger partial charge on any atom is -0.366 e. The minimum absolute atomic E-state index is 0.257. The molecule has 0 saturated carbocycles. The van der Waals surface area contributed by atoms with Gasteiger partial charge in [0.25, 0.3) is 5.91 Å². The Bertz CT molecular complexity index is 863. The van der Waals surface area contributed by atoms with Gasteiger partial charge in [0.15, 0.2) is 9.84 Å². The predicted molar refractivity (Wildman–Crippen MR) is 97.2 cm³/mol. The zero-order valence-corrected chi connectivity index (χ0v) is 15.1. The second kappa shape index (κ2) is 7.01. The molecule has 1 aromatic carbocycles. The van der Waals surface area contributed by atoms with Crippen LogP contribution in [-0.2, 0) is 16.4 Å². The van der Waals surface area contributed by atoms with Crippen molar-refractivity contribution < 1.29 is 13.2 Å². The molecule has 0 atom stereocenters. The van der Waals surface area contributed by atoms with Crippen LogP contribution in [0.15, 0.2) is 41.4 Å². The highest BCUT2D eigenvalue weighted by Gasteiger charge is 2.18. The van der Waals surface area contributed by atoms with Crippen LogP contribution in [-0.4, -0.2) is 49.7 Å². The summed E-state index contributed by atoms with van der Waals surface area (Å²) in [5, 5.41) is 0. The Morgan fingerprint density at radius 3 is 2.28 bits per heavy atom. The smallest absolute Gasteiger partial charge is 0.250 e. The zero-order valence-electron chi connectivity index (χ0n) is 14.3. The number of hydrogen-bond donors (Lipinski definition) is 1. The van der Waals surface area contributed by atoms with Gasteiger partial charge in [0.1, 0.15) is 0 Å². The van der Waals surface area contributed by atoms with E-state index in [1.807, 2.05) is 10.8 Å². The number of benzene rings is 1. The molecule has 0 spiro atoms. The number of hydrogen-bond acceptors (Lipinski definition) is 4. The summed E-state index contributed by atoms with van der Waals surface area (Å²) < 4.78 is 25.3. The van der Waals surface area contributed by atoms with E-state index in [1.165, 1.54) is 19.1 Å². The molecule has 0 bridgehead atoms.